The van der Waals surface area contributed by atoms with Crippen LogP contribution in [0.1, 0.15) is 26.3 Å². The molecule has 0 fully saturated rings. The van der Waals surface area contributed by atoms with E-state index in [4.69, 9.17) is 9.72 Å². The van der Waals surface area contributed by atoms with E-state index in [2.05, 4.69) is 188 Å². The van der Waals surface area contributed by atoms with Gasteiger partial charge in [-0.15, -0.1) is 48.3 Å². The molecule has 6 heteroatoms. The second-order valence-electron chi connectivity index (χ2n) is 15.4. The van der Waals surface area contributed by atoms with Gasteiger partial charge in [-0.2, -0.15) is 12.1 Å². The van der Waals surface area contributed by atoms with E-state index in [1.54, 1.807) is 0 Å². The molecule has 0 N–H and O–H groups in total. The van der Waals surface area contributed by atoms with Crippen LogP contribution in [0.2, 0.25) is 0 Å². The third-order valence-electron chi connectivity index (χ3n) is 10.7. The Hall–Kier alpha value is -6.45. The van der Waals surface area contributed by atoms with E-state index < -0.39 is 0 Å². The number of hydrogen-bond donors (Lipinski definition) is 0. The van der Waals surface area contributed by atoms with Crippen molar-refractivity contribution in [2.45, 2.75) is 26.2 Å². The molecule has 10 rings (SSSR count). The summed E-state index contributed by atoms with van der Waals surface area (Å²) in [5.74, 6) is 1.96. The first-order valence-electron chi connectivity index (χ1n) is 19.3. The number of hydrogen-bond acceptors (Lipinski definition) is 5. The predicted molar refractivity (Wildman–Crippen MR) is 233 cm³/mol. The van der Waals surface area contributed by atoms with Gasteiger partial charge in [0.15, 0.2) is 0 Å². The molecule has 2 aliphatic rings. The van der Waals surface area contributed by atoms with E-state index in [1.807, 2.05) is 42.6 Å². The van der Waals surface area contributed by atoms with Crippen LogP contribution in [0, 0.1) is 18.8 Å². The third-order valence-corrected chi connectivity index (χ3v) is 10.7. The van der Waals surface area contributed by atoms with Crippen molar-refractivity contribution in [2.75, 3.05) is 14.7 Å². The number of pyridine rings is 1. The first-order chi connectivity index (χ1) is 27.9. The van der Waals surface area contributed by atoms with E-state index in [-0.39, 0.29) is 25.8 Å². The van der Waals surface area contributed by atoms with Crippen molar-refractivity contribution in [3.05, 3.63) is 200 Å². The van der Waals surface area contributed by atoms with Crippen molar-refractivity contribution >= 4 is 39.9 Å². The summed E-state index contributed by atoms with van der Waals surface area (Å²) in [7, 11) is 0. The zero-order valence-corrected chi connectivity index (χ0v) is 33.9. The van der Waals surface area contributed by atoms with Crippen LogP contribution >= 0.6 is 0 Å². The summed E-state index contributed by atoms with van der Waals surface area (Å²) in [4.78, 5) is 11.5. The number of para-hydroxylation sites is 3. The van der Waals surface area contributed by atoms with Gasteiger partial charge in [0.25, 0.3) is 0 Å². The maximum absolute atomic E-state index is 6.66. The summed E-state index contributed by atoms with van der Waals surface area (Å²) in [6, 6.07) is 66.5. The number of nitrogens with zero attached hydrogens (tertiary/aromatic N) is 4. The Balaban J connectivity index is 0.00000436. The standard InChI is InChI=1S/C52H39N4O.Pd/c1-52(2,3)38-26-23-36(24-27-38)37-25-29-45-43-18-7-8-19-44(43)46-30-28-42(34-50(46)56(49(45)32-37)51-22-11-12-31-53-51)57-41-17-13-16-40(33-41)55-35-54(39-14-5-4-6-15-39)47-20-9-10-21-48(47)55;/h4-32,35H,1-3H3;/q-3;. The molecular formula is C52H39N4OPd-3. The van der Waals surface area contributed by atoms with Gasteiger partial charge in [-0.05, 0) is 70.1 Å². The Morgan fingerprint density at radius 3 is 1.93 bits per heavy atom. The van der Waals surface area contributed by atoms with Crippen LogP contribution < -0.4 is 19.4 Å². The molecule has 3 heterocycles. The van der Waals surface area contributed by atoms with Crippen molar-refractivity contribution in [3.63, 3.8) is 0 Å². The molecule has 0 saturated carbocycles. The molecule has 7 aromatic carbocycles. The normalized spacial score (nSPS) is 12.8. The Labute approximate surface area is 354 Å². The largest absolute Gasteiger partial charge is 0.509 e. The second-order valence-corrected chi connectivity index (χ2v) is 15.4. The molecule has 8 aromatic rings. The Morgan fingerprint density at radius 1 is 0.534 bits per heavy atom. The minimum Gasteiger partial charge on any atom is -0.509 e. The van der Waals surface area contributed by atoms with Gasteiger partial charge < -0.3 is 19.4 Å². The fourth-order valence-corrected chi connectivity index (χ4v) is 7.85. The molecule has 0 saturated heterocycles. The maximum atomic E-state index is 6.66. The van der Waals surface area contributed by atoms with E-state index >= 15 is 0 Å². The van der Waals surface area contributed by atoms with Crippen LogP contribution in [0.15, 0.2) is 176 Å². The fraction of sp³-hybridized carbons (Fsp3) is 0.0769. The maximum Gasteiger partial charge on any atom is 0.135 e. The number of aromatic nitrogens is 1. The zero-order valence-electron chi connectivity index (χ0n) is 32.3. The number of fused-ring (bicyclic) bond motifs is 6. The Kier molecular flexibility index (Phi) is 9.70. The van der Waals surface area contributed by atoms with Gasteiger partial charge in [0.1, 0.15) is 5.82 Å². The third kappa shape index (κ3) is 6.75. The van der Waals surface area contributed by atoms with Gasteiger partial charge in [0.2, 0.25) is 0 Å². The molecule has 0 aliphatic carbocycles. The van der Waals surface area contributed by atoms with E-state index in [1.165, 1.54) is 5.56 Å². The summed E-state index contributed by atoms with van der Waals surface area (Å²) in [5, 5.41) is 0. The van der Waals surface area contributed by atoms with Crippen LogP contribution in [0.3, 0.4) is 0 Å². The van der Waals surface area contributed by atoms with Crippen molar-refractivity contribution in [2.24, 2.45) is 0 Å². The Bertz CT molecular complexity index is 2750. The van der Waals surface area contributed by atoms with Crippen LogP contribution in [-0.2, 0) is 25.8 Å². The predicted octanol–water partition coefficient (Wildman–Crippen LogP) is 14.0. The fourth-order valence-electron chi connectivity index (χ4n) is 7.85. The molecule has 0 amide bonds. The van der Waals surface area contributed by atoms with Crippen molar-refractivity contribution in [3.8, 4) is 44.9 Å². The van der Waals surface area contributed by atoms with Gasteiger partial charge in [0.05, 0.1) is 5.69 Å². The smallest absolute Gasteiger partial charge is 0.135 e. The van der Waals surface area contributed by atoms with Gasteiger partial charge in [-0.25, -0.2) is 4.98 Å². The molecule has 2 aliphatic heterocycles. The molecule has 5 nitrogen and oxygen atoms in total. The van der Waals surface area contributed by atoms with Gasteiger partial charge >= 0.3 is 0 Å². The first-order valence-corrected chi connectivity index (χ1v) is 19.3. The number of ether oxygens (including phenoxy) is 1. The van der Waals surface area contributed by atoms with E-state index in [0.29, 0.717) is 11.5 Å². The monoisotopic (exact) mass is 841 g/mol. The topological polar surface area (TPSA) is 31.8 Å². The summed E-state index contributed by atoms with van der Waals surface area (Å²) in [6.45, 7) is 8.85. The van der Waals surface area contributed by atoms with Gasteiger partial charge in [-0.1, -0.05) is 129 Å². The van der Waals surface area contributed by atoms with Crippen molar-refractivity contribution in [1.29, 1.82) is 0 Å². The molecule has 0 bridgehead atoms. The van der Waals surface area contributed by atoms with E-state index in [0.717, 1.165) is 73.3 Å². The average Bonchev–Trinajstić information content (AvgIpc) is 3.59. The summed E-state index contributed by atoms with van der Waals surface area (Å²) in [5.41, 5.74) is 14.1. The van der Waals surface area contributed by atoms with Gasteiger partial charge in [0, 0.05) is 60.7 Å². The zero-order chi connectivity index (χ0) is 38.5. The molecular weight excluding hydrogens is 803 g/mol. The minimum absolute atomic E-state index is 0. The second kappa shape index (κ2) is 15.1. The molecule has 0 unspecified atom stereocenters. The van der Waals surface area contributed by atoms with Crippen LogP contribution in [0.5, 0.6) is 11.5 Å². The minimum atomic E-state index is 0. The molecule has 0 atom stereocenters. The quantitative estimate of drug-likeness (QED) is 0.123. The van der Waals surface area contributed by atoms with Crippen LogP contribution in [0.25, 0.3) is 33.4 Å². The SMILES string of the molecule is CC(C)(C)c1ccc(-c2ccc3c(c2)N(c2ccccn2)c2[c-]c(Oc4[c-]c(N5[CH-]N(c6ccccc6)c6ccccc65)ccc4)ccc2-c2ccccc2-3)cc1.[Pd]. The number of anilines is 7. The number of rotatable bonds is 6. The molecule has 286 valence electrons. The summed E-state index contributed by atoms with van der Waals surface area (Å²) >= 11 is 0. The van der Waals surface area contributed by atoms with Crippen molar-refractivity contribution in [1.82, 2.24) is 4.98 Å². The summed E-state index contributed by atoms with van der Waals surface area (Å²) < 4.78 is 6.66. The van der Waals surface area contributed by atoms with Crippen LogP contribution in [0.4, 0.5) is 39.9 Å². The average molecular weight is 842 g/mol. The van der Waals surface area contributed by atoms with E-state index in [9.17, 15) is 0 Å². The van der Waals surface area contributed by atoms with Crippen LogP contribution in [-0.4, -0.2) is 4.98 Å². The molecule has 1 aromatic heterocycles. The molecule has 58 heavy (non-hydrogen) atoms. The summed E-state index contributed by atoms with van der Waals surface area (Å²) in [6.07, 6.45) is 1.84. The first kappa shape index (κ1) is 37.1. The molecule has 0 radical (unpaired) electrons. The number of benzene rings is 7. The van der Waals surface area contributed by atoms with Crippen molar-refractivity contribution < 1.29 is 25.2 Å². The molecule has 0 spiro atoms. The van der Waals surface area contributed by atoms with Gasteiger partial charge in [-0.3, -0.25) is 0 Å². The Morgan fingerprint density at radius 2 is 1.19 bits per heavy atom.